The highest BCUT2D eigenvalue weighted by Gasteiger charge is 2.38. The fraction of sp³-hybridized carbons (Fsp3) is 0.250. The van der Waals surface area contributed by atoms with Gasteiger partial charge in [0.25, 0.3) is 0 Å². The zero-order chi connectivity index (χ0) is 14.9. The van der Waals surface area contributed by atoms with E-state index in [1.54, 1.807) is 0 Å². The van der Waals surface area contributed by atoms with E-state index in [1.807, 2.05) is 12.1 Å². The van der Waals surface area contributed by atoms with Gasteiger partial charge in [0.05, 0.1) is 11.1 Å². The van der Waals surface area contributed by atoms with Crippen molar-refractivity contribution >= 4 is 31.3 Å². The molecule has 1 amide bonds. The van der Waals surface area contributed by atoms with Gasteiger partial charge in [0.1, 0.15) is 17.4 Å². The predicted octanol–water partition coefficient (Wildman–Crippen LogP) is 1.10. The summed E-state index contributed by atoms with van der Waals surface area (Å²) in [6.07, 6.45) is -0.187. The average Bonchev–Trinajstić information content (AvgIpc) is 2.80. The summed E-state index contributed by atoms with van der Waals surface area (Å²) >= 11 is 0. The third-order valence-electron chi connectivity index (χ3n) is 3.04. The van der Waals surface area contributed by atoms with Crippen molar-refractivity contribution < 1.29 is 13.2 Å². The maximum atomic E-state index is 11.8. The van der Waals surface area contributed by atoms with E-state index in [9.17, 15) is 13.2 Å². The number of carbonyl (C=O) groups is 1. The minimum Gasteiger partial charge on any atom is -0.311 e. The van der Waals surface area contributed by atoms with E-state index in [4.69, 9.17) is 21.2 Å². The molecule has 102 valence electrons. The molecule has 0 saturated carbocycles. The Bertz CT molecular complexity index is 761. The van der Waals surface area contributed by atoms with Crippen LogP contribution in [0.15, 0.2) is 18.2 Å². The van der Waals surface area contributed by atoms with Gasteiger partial charge in [0, 0.05) is 29.3 Å². The van der Waals surface area contributed by atoms with E-state index in [0.717, 1.165) is 0 Å². The molecule has 1 unspecified atom stereocenters. The Labute approximate surface area is 120 Å². The molecule has 0 bridgehead atoms. The maximum Gasteiger partial charge on any atom is 0.237 e. The summed E-state index contributed by atoms with van der Waals surface area (Å²) in [6.45, 7) is -0.0541. The van der Waals surface area contributed by atoms with Gasteiger partial charge in [-0.05, 0) is 18.2 Å². The van der Waals surface area contributed by atoms with Crippen LogP contribution in [0.4, 0.5) is 5.69 Å². The summed E-state index contributed by atoms with van der Waals surface area (Å²) in [5.74, 6) is -0.382. The Balaban J connectivity index is 2.37. The third kappa shape index (κ3) is 2.60. The molecule has 0 aliphatic carbocycles. The summed E-state index contributed by atoms with van der Waals surface area (Å²) < 4.78 is 22.5. The Morgan fingerprint density at radius 3 is 2.40 bits per heavy atom. The molecular weight excluding hydrogens is 302 g/mol. The molecule has 1 saturated heterocycles. The molecule has 0 aromatic heterocycles. The maximum absolute atomic E-state index is 11.8. The van der Waals surface area contributed by atoms with Crippen LogP contribution in [0, 0.1) is 22.7 Å². The Morgan fingerprint density at radius 1 is 1.25 bits per heavy atom. The average molecular weight is 310 g/mol. The molecule has 6 nitrogen and oxygen atoms in total. The van der Waals surface area contributed by atoms with Gasteiger partial charge in [0.15, 0.2) is 0 Å². The molecule has 1 atom stereocenters. The van der Waals surface area contributed by atoms with Gasteiger partial charge in [-0.3, -0.25) is 4.79 Å². The lowest BCUT2D eigenvalue weighted by molar-refractivity contribution is -0.117. The molecule has 1 aliphatic heterocycles. The van der Waals surface area contributed by atoms with Gasteiger partial charge in [-0.2, -0.15) is 10.5 Å². The van der Waals surface area contributed by atoms with Crippen LogP contribution in [-0.2, 0) is 13.8 Å². The molecule has 0 radical (unpaired) electrons. The van der Waals surface area contributed by atoms with Crippen LogP contribution < -0.4 is 4.90 Å². The molecule has 1 heterocycles. The molecule has 1 aromatic carbocycles. The van der Waals surface area contributed by atoms with Crippen molar-refractivity contribution in [1.29, 1.82) is 10.5 Å². The molecule has 1 aromatic rings. The molecule has 8 heteroatoms. The monoisotopic (exact) mass is 309 g/mol. The van der Waals surface area contributed by atoms with E-state index < -0.39 is 14.3 Å². The van der Waals surface area contributed by atoms with E-state index in [2.05, 4.69) is 0 Å². The quantitative estimate of drug-likeness (QED) is 0.761. The number of rotatable bonds is 2. The van der Waals surface area contributed by atoms with Gasteiger partial charge in [-0.1, -0.05) is 0 Å². The lowest BCUT2D eigenvalue weighted by Crippen LogP contribution is -2.26. The largest absolute Gasteiger partial charge is 0.311 e. The number of nitrogens with zero attached hydrogens (tertiary/aromatic N) is 3. The van der Waals surface area contributed by atoms with E-state index in [0.29, 0.717) is 5.69 Å². The summed E-state index contributed by atoms with van der Waals surface area (Å²) in [6, 6.07) is 8.04. The lowest BCUT2D eigenvalue weighted by Gasteiger charge is -2.16. The summed E-state index contributed by atoms with van der Waals surface area (Å²) in [5.41, 5.74) is 0.716. The standard InChI is InChI=1S/C12H8ClN3O3S/c13-20(18,19)11-4-12(17)16(7-11)10-2-1-8(5-14)9(3-10)6-15/h1-3,11H,4,7H2. The van der Waals surface area contributed by atoms with Crippen LogP contribution in [-0.4, -0.2) is 26.1 Å². The van der Waals surface area contributed by atoms with Gasteiger partial charge in [-0.25, -0.2) is 8.42 Å². The number of halogens is 1. The van der Waals surface area contributed by atoms with Crippen LogP contribution in [0.3, 0.4) is 0 Å². The van der Waals surface area contributed by atoms with Crippen molar-refractivity contribution in [2.75, 3.05) is 11.4 Å². The van der Waals surface area contributed by atoms with Crippen LogP contribution >= 0.6 is 10.7 Å². The highest BCUT2D eigenvalue weighted by Crippen LogP contribution is 2.28. The van der Waals surface area contributed by atoms with E-state index in [1.165, 1.54) is 23.1 Å². The van der Waals surface area contributed by atoms with Crippen molar-refractivity contribution in [3.8, 4) is 12.1 Å². The Morgan fingerprint density at radius 2 is 1.90 bits per heavy atom. The minimum absolute atomic E-state index is 0.0541. The van der Waals surface area contributed by atoms with E-state index in [-0.39, 0.29) is 30.0 Å². The number of benzene rings is 1. The topological polar surface area (TPSA) is 102 Å². The summed E-state index contributed by atoms with van der Waals surface area (Å²) in [4.78, 5) is 13.1. The first-order valence-electron chi connectivity index (χ1n) is 5.55. The van der Waals surface area contributed by atoms with Crippen molar-refractivity contribution in [3.63, 3.8) is 0 Å². The first-order chi connectivity index (χ1) is 9.36. The second-order valence-corrected chi connectivity index (χ2v) is 7.17. The van der Waals surface area contributed by atoms with Crippen LogP contribution in [0.1, 0.15) is 17.5 Å². The molecule has 1 aliphatic rings. The van der Waals surface area contributed by atoms with Crippen molar-refractivity contribution in [2.24, 2.45) is 0 Å². The number of nitriles is 2. The van der Waals surface area contributed by atoms with Gasteiger partial charge >= 0.3 is 0 Å². The second kappa shape index (κ2) is 5.12. The van der Waals surface area contributed by atoms with Crippen molar-refractivity contribution in [3.05, 3.63) is 29.3 Å². The minimum atomic E-state index is -3.81. The molecular formula is C12H8ClN3O3S. The van der Waals surface area contributed by atoms with Gasteiger partial charge < -0.3 is 4.90 Å². The Kier molecular flexibility index (Phi) is 3.67. The molecule has 20 heavy (non-hydrogen) atoms. The first kappa shape index (κ1) is 14.3. The first-order valence-corrected chi connectivity index (χ1v) is 7.92. The number of hydrogen-bond acceptors (Lipinski definition) is 5. The highest BCUT2D eigenvalue weighted by atomic mass is 35.7. The van der Waals surface area contributed by atoms with Gasteiger partial charge in [-0.15, -0.1) is 0 Å². The normalized spacial score (nSPS) is 18.6. The number of amides is 1. The van der Waals surface area contributed by atoms with E-state index >= 15 is 0 Å². The number of hydrogen-bond donors (Lipinski definition) is 0. The van der Waals surface area contributed by atoms with Crippen LogP contribution in [0.5, 0.6) is 0 Å². The fourth-order valence-corrected chi connectivity index (χ4v) is 3.03. The molecule has 1 fully saturated rings. The smallest absolute Gasteiger partial charge is 0.237 e. The summed E-state index contributed by atoms with van der Waals surface area (Å²) in [5, 5.41) is 16.8. The summed E-state index contributed by atoms with van der Waals surface area (Å²) in [7, 11) is 1.45. The zero-order valence-electron chi connectivity index (χ0n) is 10.1. The van der Waals surface area contributed by atoms with Gasteiger partial charge in [0.2, 0.25) is 15.0 Å². The molecule has 0 N–H and O–H groups in total. The highest BCUT2D eigenvalue weighted by molar-refractivity contribution is 8.14. The second-order valence-electron chi connectivity index (χ2n) is 4.26. The lowest BCUT2D eigenvalue weighted by atomic mass is 10.1. The number of carbonyl (C=O) groups excluding carboxylic acids is 1. The zero-order valence-corrected chi connectivity index (χ0v) is 11.6. The SMILES string of the molecule is N#Cc1ccc(N2CC(S(=O)(=O)Cl)CC2=O)cc1C#N. The fourth-order valence-electron chi connectivity index (χ4n) is 2.00. The third-order valence-corrected chi connectivity index (χ3v) is 4.91. The number of anilines is 1. The molecule has 0 spiro atoms. The molecule has 2 rings (SSSR count). The Hall–Kier alpha value is -2.09. The van der Waals surface area contributed by atoms with Crippen LogP contribution in [0.2, 0.25) is 0 Å². The van der Waals surface area contributed by atoms with Crippen molar-refractivity contribution in [1.82, 2.24) is 0 Å². The van der Waals surface area contributed by atoms with Crippen molar-refractivity contribution in [2.45, 2.75) is 11.7 Å². The van der Waals surface area contributed by atoms with Crippen LogP contribution in [0.25, 0.3) is 0 Å². The predicted molar refractivity (Wildman–Crippen MR) is 71.4 cm³/mol.